The Hall–Kier alpha value is -3.75. The normalized spacial score (nSPS) is 13.0. The lowest BCUT2D eigenvalue weighted by Gasteiger charge is -2.39. The molecule has 14 heteroatoms. The second-order valence-electron chi connectivity index (χ2n) is 8.35. The van der Waals surface area contributed by atoms with Gasteiger partial charge in [0.25, 0.3) is 0 Å². The Morgan fingerprint density at radius 1 is 0.667 bits per heavy atom. The van der Waals surface area contributed by atoms with Gasteiger partial charge in [-0.15, -0.1) is 0 Å². The number of carbonyl (C=O) groups is 5. The molecule has 0 fully saturated rings. The minimum Gasteiger partial charge on any atom is -0.508 e. The molecule has 0 aromatic heterocycles. The summed E-state index contributed by atoms with van der Waals surface area (Å²) in [6.45, 7) is -1.77. The van der Waals surface area contributed by atoms with E-state index in [9.17, 15) is 44.4 Å². The average molecular weight is 514 g/mol. The Labute approximate surface area is 206 Å². The second kappa shape index (κ2) is 14.6. The van der Waals surface area contributed by atoms with Crippen LogP contribution in [-0.2, 0) is 30.4 Å². The monoisotopic (exact) mass is 513 g/mol. The minimum atomic E-state index is -1.29. The zero-order valence-electron chi connectivity index (χ0n) is 19.7. The molecular formula is C22H31N3O11. The number of nitrogens with zero attached hydrogens (tertiary/aromatic N) is 3. The molecule has 200 valence electrons. The van der Waals surface area contributed by atoms with Gasteiger partial charge in [-0.25, -0.2) is 0 Å². The summed E-state index contributed by atoms with van der Waals surface area (Å²) in [5.74, 6) is -6.38. The number of benzene rings is 1. The van der Waals surface area contributed by atoms with Crippen LogP contribution < -0.4 is 0 Å². The highest BCUT2D eigenvalue weighted by Crippen LogP contribution is 2.18. The van der Waals surface area contributed by atoms with Crippen LogP contribution in [0.4, 0.5) is 0 Å². The molecule has 0 bridgehead atoms. The van der Waals surface area contributed by atoms with Crippen LogP contribution in [0.2, 0.25) is 0 Å². The zero-order chi connectivity index (χ0) is 27.4. The van der Waals surface area contributed by atoms with Crippen molar-refractivity contribution in [1.82, 2.24) is 14.7 Å². The van der Waals surface area contributed by atoms with Crippen molar-refractivity contribution in [2.75, 3.05) is 45.8 Å². The number of phenolic OH excluding ortho intramolecular Hbond substituents is 1. The van der Waals surface area contributed by atoms with E-state index in [-0.39, 0.29) is 25.3 Å². The average Bonchev–Trinajstić information content (AvgIpc) is 2.71. The number of hydrogen-bond donors (Lipinski definition) is 6. The third kappa shape index (κ3) is 12.1. The Kier molecular flexibility index (Phi) is 12.3. The maximum Gasteiger partial charge on any atom is 0.317 e. The standard InChI is InChI=1S/C22H31N3O11/c1-14(7-23(9-18(27)28)10-19(29)30)25(13-22(35)36)16(6-15-2-4-17(26)5-3-15)8-24(11-20(31)32)12-21(33)34/h2-5,14,16,26H,6-13H2,1H3,(H,27,28)(H,29,30)(H,31,32)(H,33,34)(H,35,36)/t14-,16-/m1/s1. The lowest BCUT2D eigenvalue weighted by atomic mass is 10.0. The van der Waals surface area contributed by atoms with Crippen molar-refractivity contribution < 1.29 is 54.6 Å². The molecule has 6 N–H and O–H groups in total. The van der Waals surface area contributed by atoms with Crippen LogP contribution in [0.25, 0.3) is 0 Å². The van der Waals surface area contributed by atoms with E-state index < -0.39 is 74.7 Å². The van der Waals surface area contributed by atoms with Crippen LogP contribution >= 0.6 is 0 Å². The Morgan fingerprint density at radius 2 is 1.06 bits per heavy atom. The molecule has 0 unspecified atom stereocenters. The van der Waals surface area contributed by atoms with Crippen molar-refractivity contribution in [2.45, 2.75) is 25.4 Å². The van der Waals surface area contributed by atoms with E-state index in [0.29, 0.717) is 5.56 Å². The summed E-state index contributed by atoms with van der Waals surface area (Å²) in [5.41, 5.74) is 0.638. The fourth-order valence-corrected chi connectivity index (χ4v) is 3.90. The number of carboxylic acids is 5. The molecule has 2 atom stereocenters. The third-order valence-electron chi connectivity index (χ3n) is 5.19. The Morgan fingerprint density at radius 3 is 1.44 bits per heavy atom. The van der Waals surface area contributed by atoms with E-state index in [1.165, 1.54) is 17.0 Å². The van der Waals surface area contributed by atoms with Gasteiger partial charge < -0.3 is 30.6 Å². The van der Waals surface area contributed by atoms with Gasteiger partial charge in [0.2, 0.25) is 0 Å². The Balaban J connectivity index is 3.36. The molecule has 1 aromatic rings. The lowest BCUT2D eigenvalue weighted by Crippen LogP contribution is -2.55. The Bertz CT molecular complexity index is 890. The van der Waals surface area contributed by atoms with Gasteiger partial charge in [-0.2, -0.15) is 0 Å². The summed E-state index contributed by atoms with van der Waals surface area (Å²) in [5, 5.41) is 55.8. The van der Waals surface area contributed by atoms with E-state index in [4.69, 9.17) is 10.2 Å². The zero-order valence-corrected chi connectivity index (χ0v) is 19.7. The first kappa shape index (κ1) is 30.3. The summed E-state index contributed by atoms with van der Waals surface area (Å²) in [4.78, 5) is 60.4. The van der Waals surface area contributed by atoms with Crippen LogP contribution in [0.1, 0.15) is 12.5 Å². The first-order valence-electron chi connectivity index (χ1n) is 10.8. The first-order chi connectivity index (χ1) is 16.8. The van der Waals surface area contributed by atoms with Crippen LogP contribution in [0.15, 0.2) is 24.3 Å². The van der Waals surface area contributed by atoms with E-state index in [2.05, 4.69) is 0 Å². The predicted molar refractivity (Wildman–Crippen MR) is 123 cm³/mol. The number of aromatic hydroxyl groups is 1. The quantitative estimate of drug-likeness (QED) is 0.139. The summed E-state index contributed by atoms with van der Waals surface area (Å²) >= 11 is 0. The van der Waals surface area contributed by atoms with E-state index in [1.807, 2.05) is 0 Å². The lowest BCUT2D eigenvalue weighted by molar-refractivity contribution is -0.144. The smallest absolute Gasteiger partial charge is 0.317 e. The molecule has 0 saturated carbocycles. The van der Waals surface area contributed by atoms with Gasteiger partial charge in [0.1, 0.15) is 5.75 Å². The number of phenols is 1. The van der Waals surface area contributed by atoms with E-state index >= 15 is 0 Å². The molecule has 0 spiro atoms. The molecule has 1 aromatic carbocycles. The van der Waals surface area contributed by atoms with Crippen LogP contribution in [0.3, 0.4) is 0 Å². The molecule has 0 heterocycles. The summed E-state index contributed by atoms with van der Waals surface area (Å²) in [6, 6.07) is 4.47. The van der Waals surface area contributed by atoms with Gasteiger partial charge in [-0.3, -0.25) is 38.7 Å². The number of aliphatic carboxylic acids is 5. The van der Waals surface area contributed by atoms with Gasteiger partial charge in [-0.05, 0) is 31.0 Å². The minimum absolute atomic E-state index is 0.0116. The highest BCUT2D eigenvalue weighted by molar-refractivity contribution is 5.73. The molecule has 0 saturated heterocycles. The molecule has 0 amide bonds. The largest absolute Gasteiger partial charge is 0.508 e. The molecule has 1 rings (SSSR count). The molecule has 0 aliphatic heterocycles. The summed E-state index contributed by atoms with van der Waals surface area (Å²) in [7, 11) is 0. The van der Waals surface area contributed by atoms with Crippen molar-refractivity contribution in [1.29, 1.82) is 0 Å². The van der Waals surface area contributed by atoms with Crippen LogP contribution in [-0.4, -0.2) is 133 Å². The fraction of sp³-hybridized carbons (Fsp3) is 0.500. The summed E-state index contributed by atoms with van der Waals surface area (Å²) < 4.78 is 0. The maximum absolute atomic E-state index is 11.7. The van der Waals surface area contributed by atoms with Gasteiger partial charge in [0.05, 0.1) is 32.7 Å². The molecule has 14 nitrogen and oxygen atoms in total. The topological polar surface area (TPSA) is 216 Å². The fourth-order valence-electron chi connectivity index (χ4n) is 3.90. The van der Waals surface area contributed by atoms with Crippen molar-refractivity contribution in [3.63, 3.8) is 0 Å². The van der Waals surface area contributed by atoms with E-state index in [1.54, 1.807) is 19.1 Å². The maximum atomic E-state index is 11.7. The van der Waals surface area contributed by atoms with Gasteiger partial charge >= 0.3 is 29.8 Å². The predicted octanol–water partition coefficient (Wildman–Crippen LogP) is -0.979. The molecular weight excluding hydrogens is 482 g/mol. The number of carboxylic acid groups (broad SMARTS) is 5. The highest BCUT2D eigenvalue weighted by Gasteiger charge is 2.30. The van der Waals surface area contributed by atoms with E-state index in [0.717, 1.165) is 9.80 Å². The highest BCUT2D eigenvalue weighted by atomic mass is 16.4. The SMILES string of the molecule is C[C@H](CN(CC(=O)O)CC(=O)O)N(CC(=O)O)[C@H](Cc1ccc(O)cc1)CN(CC(=O)O)CC(=O)O. The van der Waals surface area contributed by atoms with Crippen molar-refractivity contribution in [2.24, 2.45) is 0 Å². The van der Waals surface area contributed by atoms with Gasteiger partial charge in [0, 0.05) is 25.2 Å². The summed E-state index contributed by atoms with van der Waals surface area (Å²) in [6.07, 6.45) is 0.130. The molecule has 0 aliphatic carbocycles. The molecule has 0 radical (unpaired) electrons. The molecule has 0 aliphatic rings. The third-order valence-corrected chi connectivity index (χ3v) is 5.19. The van der Waals surface area contributed by atoms with Crippen molar-refractivity contribution in [3.8, 4) is 5.75 Å². The van der Waals surface area contributed by atoms with Crippen molar-refractivity contribution >= 4 is 29.8 Å². The first-order valence-corrected chi connectivity index (χ1v) is 10.8. The number of rotatable bonds is 18. The second-order valence-corrected chi connectivity index (χ2v) is 8.35. The number of hydrogen-bond acceptors (Lipinski definition) is 9. The van der Waals surface area contributed by atoms with Gasteiger partial charge in [0.15, 0.2) is 0 Å². The van der Waals surface area contributed by atoms with Crippen LogP contribution in [0, 0.1) is 0 Å². The van der Waals surface area contributed by atoms with Gasteiger partial charge in [-0.1, -0.05) is 12.1 Å². The van der Waals surface area contributed by atoms with Crippen molar-refractivity contribution in [3.05, 3.63) is 29.8 Å². The molecule has 36 heavy (non-hydrogen) atoms. The van der Waals surface area contributed by atoms with Crippen LogP contribution in [0.5, 0.6) is 5.75 Å².